The molecular formula is C22H36IN3O2. The van der Waals surface area contributed by atoms with Crippen molar-refractivity contribution in [3.05, 3.63) is 35.4 Å². The maximum Gasteiger partial charge on any atom is 0.190 e. The molecule has 0 spiro atoms. The number of aryl methyl sites for hydroxylation is 1. The van der Waals surface area contributed by atoms with Gasteiger partial charge in [-0.15, -0.1) is 24.0 Å². The molecule has 1 aliphatic heterocycles. The average molecular weight is 501 g/mol. The van der Waals surface area contributed by atoms with Gasteiger partial charge in [-0.1, -0.05) is 29.8 Å². The fourth-order valence-electron chi connectivity index (χ4n) is 3.54. The molecule has 6 heteroatoms. The maximum atomic E-state index is 6.12. The fourth-order valence-corrected chi connectivity index (χ4v) is 3.54. The van der Waals surface area contributed by atoms with E-state index in [9.17, 15) is 0 Å². The minimum absolute atomic E-state index is 0. The van der Waals surface area contributed by atoms with Crippen molar-refractivity contribution in [2.75, 3.05) is 40.0 Å². The normalized spacial score (nSPS) is 22.4. The predicted octanol–water partition coefficient (Wildman–Crippen LogP) is 4.06. The topological polar surface area (TPSA) is 54.9 Å². The summed E-state index contributed by atoms with van der Waals surface area (Å²) < 4.78 is 11.8. The molecule has 2 atom stereocenters. The van der Waals surface area contributed by atoms with Gasteiger partial charge in [0.15, 0.2) is 5.96 Å². The number of benzene rings is 1. The zero-order valence-electron chi connectivity index (χ0n) is 17.3. The van der Waals surface area contributed by atoms with E-state index in [4.69, 9.17) is 9.47 Å². The van der Waals surface area contributed by atoms with Crippen LogP contribution in [-0.2, 0) is 9.47 Å². The number of guanidine groups is 1. The van der Waals surface area contributed by atoms with Crippen molar-refractivity contribution in [1.82, 2.24) is 10.6 Å². The summed E-state index contributed by atoms with van der Waals surface area (Å²) in [5, 5.41) is 6.88. The van der Waals surface area contributed by atoms with Gasteiger partial charge >= 0.3 is 0 Å². The van der Waals surface area contributed by atoms with Gasteiger partial charge in [0.25, 0.3) is 0 Å². The highest BCUT2D eigenvalue weighted by molar-refractivity contribution is 14.0. The Hall–Kier alpha value is -0.860. The zero-order valence-corrected chi connectivity index (χ0v) is 19.6. The Kier molecular flexibility index (Phi) is 10.6. The summed E-state index contributed by atoms with van der Waals surface area (Å²) in [7, 11) is 1.83. The summed E-state index contributed by atoms with van der Waals surface area (Å²) >= 11 is 0. The van der Waals surface area contributed by atoms with Crippen molar-refractivity contribution in [2.45, 2.75) is 45.1 Å². The number of ether oxygens (including phenoxy) is 2. The summed E-state index contributed by atoms with van der Waals surface area (Å²) in [6.07, 6.45) is 6.18. The molecule has 1 aromatic rings. The molecule has 1 saturated carbocycles. The van der Waals surface area contributed by atoms with Gasteiger partial charge < -0.3 is 20.1 Å². The summed E-state index contributed by atoms with van der Waals surface area (Å²) in [4.78, 5) is 4.35. The average Bonchev–Trinajstić information content (AvgIpc) is 3.52. The number of halogens is 1. The van der Waals surface area contributed by atoms with Gasteiger partial charge in [0.05, 0.1) is 6.10 Å². The van der Waals surface area contributed by atoms with Crippen LogP contribution >= 0.6 is 24.0 Å². The first-order valence-electron chi connectivity index (χ1n) is 10.5. The Morgan fingerprint density at radius 3 is 2.68 bits per heavy atom. The molecule has 2 aliphatic rings. The Morgan fingerprint density at radius 2 is 1.96 bits per heavy atom. The lowest BCUT2D eigenvalue weighted by Crippen LogP contribution is -2.42. The monoisotopic (exact) mass is 501 g/mol. The molecule has 0 radical (unpaired) electrons. The molecule has 0 amide bonds. The molecule has 2 N–H and O–H groups in total. The van der Waals surface area contributed by atoms with Crippen LogP contribution in [0.4, 0.5) is 0 Å². The lowest BCUT2D eigenvalue weighted by molar-refractivity contribution is -0.0265. The van der Waals surface area contributed by atoms with Crippen LogP contribution < -0.4 is 10.6 Å². The minimum atomic E-state index is 0. The molecule has 1 saturated heterocycles. The summed E-state index contributed by atoms with van der Waals surface area (Å²) in [6.45, 7) is 6.49. The van der Waals surface area contributed by atoms with Crippen molar-refractivity contribution in [1.29, 1.82) is 0 Å². The fraction of sp³-hybridized carbons (Fsp3) is 0.682. The van der Waals surface area contributed by atoms with Gasteiger partial charge in [-0.3, -0.25) is 4.99 Å². The first-order chi connectivity index (χ1) is 13.3. The van der Waals surface area contributed by atoms with Crippen LogP contribution in [0.15, 0.2) is 29.3 Å². The first kappa shape index (κ1) is 23.4. The molecule has 1 aliphatic carbocycles. The predicted molar refractivity (Wildman–Crippen MR) is 126 cm³/mol. The SMILES string of the molecule is CN=C(NCCCOCC1CC1)NCC1CCCOC1c1ccc(C)cc1.I. The molecule has 0 bridgehead atoms. The Balaban J connectivity index is 0.00000280. The summed E-state index contributed by atoms with van der Waals surface area (Å²) in [5.41, 5.74) is 2.57. The van der Waals surface area contributed by atoms with Gasteiger partial charge in [-0.05, 0) is 50.5 Å². The lowest BCUT2D eigenvalue weighted by atomic mass is 9.89. The van der Waals surface area contributed by atoms with Gasteiger partial charge in [0, 0.05) is 45.9 Å². The number of nitrogens with zero attached hydrogens (tertiary/aromatic N) is 1. The number of aliphatic imine (C=N–C) groups is 1. The van der Waals surface area contributed by atoms with E-state index in [1.54, 1.807) is 0 Å². The smallest absolute Gasteiger partial charge is 0.190 e. The van der Waals surface area contributed by atoms with E-state index in [1.807, 2.05) is 7.05 Å². The maximum absolute atomic E-state index is 6.12. The second-order valence-electron chi connectivity index (χ2n) is 7.86. The molecule has 28 heavy (non-hydrogen) atoms. The molecule has 5 nitrogen and oxygen atoms in total. The standard InChI is InChI=1S/C22H35N3O2.HI/c1-17-6-10-19(11-7-17)21-20(5-3-14-27-21)15-25-22(23-2)24-12-4-13-26-16-18-8-9-18;/h6-7,10-11,18,20-21H,3-5,8-9,12-16H2,1-2H3,(H2,23,24,25);1H. The lowest BCUT2D eigenvalue weighted by Gasteiger charge is -2.32. The van der Waals surface area contributed by atoms with Crippen molar-refractivity contribution in [3.63, 3.8) is 0 Å². The van der Waals surface area contributed by atoms with E-state index in [2.05, 4.69) is 46.8 Å². The highest BCUT2D eigenvalue weighted by Crippen LogP contribution is 2.33. The van der Waals surface area contributed by atoms with Crippen LogP contribution in [0.3, 0.4) is 0 Å². The van der Waals surface area contributed by atoms with Crippen LogP contribution in [0, 0.1) is 18.8 Å². The number of hydrogen-bond acceptors (Lipinski definition) is 3. The van der Waals surface area contributed by atoms with E-state index in [-0.39, 0.29) is 30.1 Å². The molecule has 0 aromatic heterocycles. The van der Waals surface area contributed by atoms with Crippen molar-refractivity contribution in [3.8, 4) is 0 Å². The van der Waals surface area contributed by atoms with Crippen molar-refractivity contribution in [2.24, 2.45) is 16.8 Å². The third-order valence-corrected chi connectivity index (χ3v) is 5.41. The van der Waals surface area contributed by atoms with Crippen LogP contribution in [-0.4, -0.2) is 45.9 Å². The number of rotatable bonds is 9. The molecule has 3 rings (SSSR count). The molecule has 158 valence electrons. The third kappa shape index (κ3) is 7.87. The highest BCUT2D eigenvalue weighted by atomic mass is 127. The molecule has 2 unspecified atom stereocenters. The van der Waals surface area contributed by atoms with E-state index < -0.39 is 0 Å². The quantitative estimate of drug-likeness (QED) is 0.232. The Bertz CT molecular complexity index is 590. The van der Waals surface area contributed by atoms with Crippen LogP contribution in [0.2, 0.25) is 0 Å². The van der Waals surface area contributed by atoms with Crippen molar-refractivity contribution >= 4 is 29.9 Å². The summed E-state index contributed by atoms with van der Waals surface area (Å²) in [5.74, 6) is 2.17. The van der Waals surface area contributed by atoms with E-state index in [0.29, 0.717) is 5.92 Å². The van der Waals surface area contributed by atoms with Gasteiger partial charge in [-0.25, -0.2) is 0 Å². The molecular weight excluding hydrogens is 465 g/mol. The van der Waals surface area contributed by atoms with Gasteiger partial charge in [0.2, 0.25) is 0 Å². The van der Waals surface area contributed by atoms with Crippen LogP contribution in [0.5, 0.6) is 0 Å². The van der Waals surface area contributed by atoms with Gasteiger partial charge in [0.1, 0.15) is 0 Å². The molecule has 1 heterocycles. The van der Waals surface area contributed by atoms with E-state index in [0.717, 1.165) is 57.6 Å². The van der Waals surface area contributed by atoms with Gasteiger partial charge in [-0.2, -0.15) is 0 Å². The highest BCUT2D eigenvalue weighted by Gasteiger charge is 2.27. The summed E-state index contributed by atoms with van der Waals surface area (Å²) in [6, 6.07) is 8.74. The van der Waals surface area contributed by atoms with E-state index in [1.165, 1.54) is 30.4 Å². The zero-order chi connectivity index (χ0) is 18.9. The molecule has 2 fully saturated rings. The molecule has 1 aromatic carbocycles. The number of hydrogen-bond donors (Lipinski definition) is 2. The van der Waals surface area contributed by atoms with Crippen LogP contribution in [0.1, 0.15) is 49.3 Å². The Labute approximate surface area is 187 Å². The van der Waals surface area contributed by atoms with E-state index >= 15 is 0 Å². The van der Waals surface area contributed by atoms with Crippen molar-refractivity contribution < 1.29 is 9.47 Å². The minimum Gasteiger partial charge on any atom is -0.381 e. The van der Waals surface area contributed by atoms with Crippen LogP contribution in [0.25, 0.3) is 0 Å². The third-order valence-electron chi connectivity index (χ3n) is 5.41. The second-order valence-corrected chi connectivity index (χ2v) is 7.86. The largest absolute Gasteiger partial charge is 0.381 e. The number of nitrogens with one attached hydrogen (secondary N) is 2. The Morgan fingerprint density at radius 1 is 1.18 bits per heavy atom. The first-order valence-corrected chi connectivity index (χ1v) is 10.5. The second kappa shape index (κ2) is 12.6.